The topological polar surface area (TPSA) is 152 Å². The van der Waals surface area contributed by atoms with Gasteiger partial charge in [-0.05, 0) is 66.6 Å². The Balaban J connectivity index is 1.30. The monoisotopic (exact) mass is 577 g/mol. The first-order chi connectivity index (χ1) is 20.8. The van der Waals surface area contributed by atoms with Crippen molar-refractivity contribution in [3.8, 4) is 23.3 Å². The number of benzene rings is 3. The van der Waals surface area contributed by atoms with Crippen LogP contribution in [0.25, 0.3) is 22.2 Å². The van der Waals surface area contributed by atoms with E-state index >= 15 is 4.39 Å². The van der Waals surface area contributed by atoms with Gasteiger partial charge in [-0.15, -0.1) is 0 Å². The Labute approximate surface area is 242 Å². The lowest BCUT2D eigenvalue weighted by Crippen LogP contribution is -2.29. The summed E-state index contributed by atoms with van der Waals surface area (Å²) < 4.78 is 37.6. The van der Waals surface area contributed by atoms with Gasteiger partial charge in [0.05, 0.1) is 17.4 Å². The highest BCUT2D eigenvalue weighted by Crippen LogP contribution is 2.40. The van der Waals surface area contributed by atoms with Crippen LogP contribution < -0.4 is 21.3 Å². The molecular weight excluding hydrogens is 556 g/mol. The zero-order valence-electron chi connectivity index (χ0n) is 22.3. The molecular formula is C31H21F2N7O3. The lowest BCUT2D eigenvalue weighted by molar-refractivity contribution is 0.102. The van der Waals surface area contributed by atoms with E-state index in [-0.39, 0.29) is 28.4 Å². The number of nitrogens with one attached hydrogen (secondary N) is 2. The number of nitrogens with zero attached hydrogens (tertiary/aromatic N) is 4. The van der Waals surface area contributed by atoms with E-state index in [4.69, 9.17) is 15.9 Å². The second-order valence-corrected chi connectivity index (χ2v) is 9.61. The van der Waals surface area contributed by atoms with Crippen LogP contribution in [0, 0.1) is 28.4 Å². The number of nitriles is 1. The minimum Gasteiger partial charge on any atom is -0.454 e. The van der Waals surface area contributed by atoms with Gasteiger partial charge in [0.25, 0.3) is 11.5 Å². The van der Waals surface area contributed by atoms with Crippen molar-refractivity contribution in [2.75, 3.05) is 5.32 Å². The number of rotatable bonds is 7. The maximum Gasteiger partial charge on any atom is 0.269 e. The van der Waals surface area contributed by atoms with Crippen LogP contribution in [-0.2, 0) is 13.0 Å². The average Bonchev–Trinajstić information content (AvgIpc) is 3.62. The van der Waals surface area contributed by atoms with E-state index in [0.717, 1.165) is 45.4 Å². The molecule has 3 heterocycles. The van der Waals surface area contributed by atoms with Gasteiger partial charge in [-0.2, -0.15) is 10.4 Å². The molecule has 12 heteroatoms. The molecule has 212 valence electrons. The molecule has 2 aromatic heterocycles. The largest absolute Gasteiger partial charge is 0.454 e. The smallest absolute Gasteiger partial charge is 0.269 e. The Morgan fingerprint density at radius 1 is 1.12 bits per heavy atom. The molecule has 0 unspecified atom stereocenters. The Bertz CT molecular complexity index is 2090. The number of nitrogens with two attached hydrogens (primary N) is 1. The molecule has 1 amide bonds. The zero-order chi connectivity index (χ0) is 30.2. The van der Waals surface area contributed by atoms with Crippen molar-refractivity contribution < 1.29 is 18.3 Å². The van der Waals surface area contributed by atoms with Crippen LogP contribution in [0.1, 0.15) is 27.2 Å². The summed E-state index contributed by atoms with van der Waals surface area (Å²) in [5.41, 5.74) is 7.63. The number of pyridine rings is 1. The SMILES string of the molecule is N#Cc1ccc(C(=O)Nc2ccc(Oc3cc4cnn5c4c(c3/C(C=N)=C/N)CC5)c(F)c2)c(=O)n1-c1ccc(F)cc1. The number of ether oxygens (including phenoxy) is 1. The fraction of sp³-hybridized carbons (Fsp3) is 0.0645. The number of aromatic nitrogens is 3. The maximum atomic E-state index is 15.3. The first kappa shape index (κ1) is 27.1. The summed E-state index contributed by atoms with van der Waals surface area (Å²) in [6.07, 6.45) is 4.72. The van der Waals surface area contributed by atoms with Crippen LogP contribution in [0.15, 0.2) is 77.9 Å². The summed E-state index contributed by atoms with van der Waals surface area (Å²) in [5.74, 6) is -2.02. The van der Waals surface area contributed by atoms with E-state index in [0.29, 0.717) is 29.9 Å². The minimum atomic E-state index is -0.838. The molecule has 6 rings (SSSR count). The van der Waals surface area contributed by atoms with Gasteiger partial charge in [0.1, 0.15) is 28.9 Å². The van der Waals surface area contributed by atoms with Crippen LogP contribution in [0.2, 0.25) is 0 Å². The second kappa shape index (κ2) is 10.7. The first-order valence-electron chi connectivity index (χ1n) is 13.0. The van der Waals surface area contributed by atoms with E-state index in [9.17, 15) is 19.2 Å². The summed E-state index contributed by atoms with van der Waals surface area (Å²) in [5, 5.41) is 25.0. The molecule has 3 aromatic carbocycles. The Kier molecular flexibility index (Phi) is 6.75. The number of halogens is 2. The first-order valence-corrected chi connectivity index (χ1v) is 13.0. The van der Waals surface area contributed by atoms with Crippen molar-refractivity contribution >= 4 is 34.3 Å². The summed E-state index contributed by atoms with van der Waals surface area (Å²) in [4.78, 5) is 26.2. The number of hydrogen-bond donors (Lipinski definition) is 3. The molecule has 1 aliphatic rings. The molecule has 4 N–H and O–H groups in total. The summed E-state index contributed by atoms with van der Waals surface area (Å²) in [6, 6.07) is 14.7. The number of aryl methyl sites for hydroxylation is 2. The molecule has 0 saturated heterocycles. The molecule has 1 aliphatic heterocycles. The molecule has 0 radical (unpaired) electrons. The molecule has 43 heavy (non-hydrogen) atoms. The molecule has 0 atom stereocenters. The lowest BCUT2D eigenvalue weighted by Gasteiger charge is -2.16. The van der Waals surface area contributed by atoms with Crippen LogP contribution >= 0.6 is 0 Å². The van der Waals surface area contributed by atoms with E-state index in [2.05, 4.69) is 10.4 Å². The number of carbonyl (C=O) groups is 1. The fourth-order valence-electron chi connectivity index (χ4n) is 5.17. The normalized spacial score (nSPS) is 12.3. The van der Waals surface area contributed by atoms with Gasteiger partial charge in [0.15, 0.2) is 11.6 Å². The summed E-state index contributed by atoms with van der Waals surface area (Å²) in [6.45, 7) is 0.655. The second-order valence-electron chi connectivity index (χ2n) is 9.61. The van der Waals surface area contributed by atoms with Crippen LogP contribution in [0.3, 0.4) is 0 Å². The molecule has 5 aromatic rings. The van der Waals surface area contributed by atoms with Crippen LogP contribution in [-0.4, -0.2) is 26.5 Å². The van der Waals surface area contributed by atoms with Gasteiger partial charge in [-0.3, -0.25) is 18.8 Å². The molecule has 0 saturated carbocycles. The Morgan fingerprint density at radius 3 is 2.60 bits per heavy atom. The van der Waals surface area contributed by atoms with Gasteiger partial charge in [0.2, 0.25) is 0 Å². The zero-order valence-corrected chi connectivity index (χ0v) is 22.3. The van der Waals surface area contributed by atoms with Crippen molar-refractivity contribution in [2.45, 2.75) is 13.0 Å². The highest BCUT2D eigenvalue weighted by atomic mass is 19.1. The molecule has 0 spiro atoms. The third kappa shape index (κ3) is 4.68. The van der Waals surface area contributed by atoms with E-state index < -0.39 is 23.1 Å². The van der Waals surface area contributed by atoms with Crippen molar-refractivity contribution in [1.82, 2.24) is 14.3 Å². The summed E-state index contributed by atoms with van der Waals surface area (Å²) in [7, 11) is 0. The number of anilines is 1. The lowest BCUT2D eigenvalue weighted by atomic mass is 9.96. The van der Waals surface area contributed by atoms with Crippen molar-refractivity contribution in [2.24, 2.45) is 5.73 Å². The summed E-state index contributed by atoms with van der Waals surface area (Å²) >= 11 is 0. The van der Waals surface area contributed by atoms with E-state index in [1.54, 1.807) is 12.3 Å². The van der Waals surface area contributed by atoms with Crippen molar-refractivity contribution in [3.63, 3.8) is 0 Å². The van der Waals surface area contributed by atoms with Gasteiger partial charge in [-0.25, -0.2) is 8.78 Å². The Morgan fingerprint density at radius 2 is 1.91 bits per heavy atom. The van der Waals surface area contributed by atoms with E-state index in [1.165, 1.54) is 42.6 Å². The van der Waals surface area contributed by atoms with Gasteiger partial charge >= 0.3 is 0 Å². The highest BCUT2D eigenvalue weighted by molar-refractivity contribution is 6.12. The standard InChI is InChI=1S/C31H21F2N7O3/c32-19-1-4-21(5-2-19)40-22(15-36)6-7-24(31(40)42)30(41)38-20-3-8-26(25(33)12-20)43-27-11-17-16-37-39-10-9-23(29(17)39)28(27)18(13-34)14-35/h1-8,11-14,16,34H,9-10,35H2,(H,38,41)/b18-14+,34-13?. The third-order valence-corrected chi connectivity index (χ3v) is 7.12. The minimum absolute atomic E-state index is 0.0459. The van der Waals surface area contributed by atoms with Crippen LogP contribution in [0.4, 0.5) is 14.5 Å². The third-order valence-electron chi connectivity index (χ3n) is 7.12. The molecule has 0 fully saturated rings. The number of hydrogen-bond acceptors (Lipinski definition) is 7. The number of allylic oxidation sites excluding steroid dienone is 1. The number of carbonyl (C=O) groups excluding carboxylic acids is 1. The highest BCUT2D eigenvalue weighted by Gasteiger charge is 2.25. The predicted octanol–water partition coefficient (Wildman–Crippen LogP) is 4.89. The quantitative estimate of drug-likeness (QED) is 0.234. The van der Waals surface area contributed by atoms with E-state index in [1.807, 2.05) is 10.8 Å². The van der Waals surface area contributed by atoms with Crippen molar-refractivity contribution in [1.29, 1.82) is 10.7 Å². The van der Waals surface area contributed by atoms with Crippen molar-refractivity contribution in [3.05, 3.63) is 117 Å². The van der Waals surface area contributed by atoms with Gasteiger partial charge in [-0.1, -0.05) is 0 Å². The van der Waals surface area contributed by atoms with Gasteiger partial charge in [0, 0.05) is 47.2 Å². The average molecular weight is 578 g/mol. The maximum absolute atomic E-state index is 15.3. The molecule has 0 aliphatic carbocycles. The molecule has 10 nitrogen and oxygen atoms in total. The predicted molar refractivity (Wildman–Crippen MR) is 156 cm³/mol. The molecule has 0 bridgehead atoms. The number of amides is 1. The fourth-order valence-corrected chi connectivity index (χ4v) is 5.17. The van der Waals surface area contributed by atoms with Gasteiger partial charge < -0.3 is 21.2 Å². The Hall–Kier alpha value is -6.09. The van der Waals surface area contributed by atoms with Crippen LogP contribution in [0.5, 0.6) is 11.5 Å².